The second kappa shape index (κ2) is 4.28. The lowest BCUT2D eigenvalue weighted by molar-refractivity contribution is 0.0749. The van der Waals surface area contributed by atoms with E-state index in [0.717, 1.165) is 12.8 Å². The molecule has 3 atom stereocenters. The molecule has 2 fully saturated rings. The molecule has 3 unspecified atom stereocenters. The van der Waals surface area contributed by atoms with E-state index in [1.54, 1.807) is 23.1 Å². The lowest BCUT2D eigenvalue weighted by atomic mass is 10.00. The average Bonchev–Trinajstić information content (AvgIpc) is 2.92. The molecule has 1 amide bonds. The second-order valence-electron chi connectivity index (χ2n) is 5.30. The van der Waals surface area contributed by atoms with Crippen LogP contribution in [0.1, 0.15) is 23.2 Å². The number of hydrogen-bond donors (Lipinski definition) is 2. The molecule has 1 heterocycles. The number of aliphatic hydroxyl groups excluding tert-OH is 1. The van der Waals surface area contributed by atoms with Crippen molar-refractivity contribution in [2.75, 3.05) is 13.1 Å². The van der Waals surface area contributed by atoms with E-state index in [9.17, 15) is 15.0 Å². The zero-order chi connectivity index (χ0) is 12.7. The Kier molecular flexibility index (Phi) is 2.74. The Labute approximate surface area is 106 Å². The smallest absolute Gasteiger partial charge is 0.257 e. The van der Waals surface area contributed by atoms with Crippen LogP contribution < -0.4 is 0 Å². The molecule has 1 saturated carbocycles. The first-order valence-corrected chi connectivity index (χ1v) is 6.42. The second-order valence-corrected chi connectivity index (χ2v) is 5.30. The van der Waals surface area contributed by atoms with Gasteiger partial charge in [-0.25, -0.2) is 0 Å². The van der Waals surface area contributed by atoms with E-state index in [0.29, 0.717) is 24.6 Å². The molecule has 96 valence electrons. The van der Waals surface area contributed by atoms with Crippen molar-refractivity contribution in [2.24, 2.45) is 11.8 Å². The van der Waals surface area contributed by atoms with E-state index < -0.39 is 0 Å². The van der Waals surface area contributed by atoms with Gasteiger partial charge in [-0.05, 0) is 30.9 Å². The Morgan fingerprint density at radius 1 is 1.22 bits per heavy atom. The molecule has 1 aromatic carbocycles. The molecular weight excluding hydrogens is 230 g/mol. The summed E-state index contributed by atoms with van der Waals surface area (Å²) in [7, 11) is 0. The van der Waals surface area contributed by atoms with E-state index in [2.05, 4.69) is 0 Å². The first-order chi connectivity index (χ1) is 8.66. The first kappa shape index (κ1) is 11.5. The van der Waals surface area contributed by atoms with Gasteiger partial charge < -0.3 is 15.1 Å². The van der Waals surface area contributed by atoms with Crippen molar-refractivity contribution in [1.29, 1.82) is 0 Å². The zero-order valence-electron chi connectivity index (χ0n) is 10.1. The predicted molar refractivity (Wildman–Crippen MR) is 66.2 cm³/mol. The number of carbonyl (C=O) groups is 1. The molecule has 1 aromatic rings. The maximum Gasteiger partial charge on any atom is 0.257 e. The molecule has 0 bridgehead atoms. The highest BCUT2D eigenvalue weighted by atomic mass is 16.3. The maximum absolute atomic E-state index is 12.3. The van der Waals surface area contributed by atoms with Crippen LogP contribution in [0.2, 0.25) is 0 Å². The quantitative estimate of drug-likeness (QED) is 0.784. The molecule has 0 aromatic heterocycles. The minimum absolute atomic E-state index is 0.0279. The van der Waals surface area contributed by atoms with Gasteiger partial charge in [-0.3, -0.25) is 4.79 Å². The van der Waals surface area contributed by atoms with E-state index in [1.165, 1.54) is 6.07 Å². The number of aromatic hydroxyl groups is 1. The van der Waals surface area contributed by atoms with Crippen molar-refractivity contribution < 1.29 is 15.0 Å². The maximum atomic E-state index is 12.3. The Morgan fingerprint density at radius 3 is 2.72 bits per heavy atom. The highest BCUT2D eigenvalue weighted by Gasteiger charge is 2.43. The van der Waals surface area contributed by atoms with Crippen LogP contribution in [-0.4, -0.2) is 40.2 Å². The number of phenols is 1. The van der Waals surface area contributed by atoms with Gasteiger partial charge in [-0.15, -0.1) is 0 Å². The predicted octanol–water partition coefficient (Wildman–Crippen LogP) is 1.24. The number of amides is 1. The van der Waals surface area contributed by atoms with Crippen molar-refractivity contribution in [3.8, 4) is 5.75 Å². The van der Waals surface area contributed by atoms with Gasteiger partial charge in [-0.1, -0.05) is 12.1 Å². The summed E-state index contributed by atoms with van der Waals surface area (Å²) in [5.41, 5.74) is 0.354. The Bertz CT molecular complexity index is 474. The van der Waals surface area contributed by atoms with Crippen LogP contribution in [0.5, 0.6) is 5.75 Å². The molecule has 4 nitrogen and oxygen atoms in total. The third kappa shape index (κ3) is 1.77. The van der Waals surface area contributed by atoms with Crippen LogP contribution in [-0.2, 0) is 0 Å². The van der Waals surface area contributed by atoms with Crippen molar-refractivity contribution in [2.45, 2.75) is 18.9 Å². The fourth-order valence-corrected chi connectivity index (χ4v) is 3.23. The fraction of sp³-hybridized carbons (Fsp3) is 0.500. The average molecular weight is 247 g/mol. The third-order valence-electron chi connectivity index (χ3n) is 4.24. The van der Waals surface area contributed by atoms with Crippen LogP contribution in [0.4, 0.5) is 0 Å². The monoisotopic (exact) mass is 247 g/mol. The summed E-state index contributed by atoms with van der Waals surface area (Å²) in [4.78, 5) is 14.0. The standard InChI is InChI=1S/C14H17NO3/c16-12-4-2-1-3-10(12)14(18)15-7-9-5-6-13(17)11(9)8-15/h1-4,9,11,13,16-17H,5-8H2. The van der Waals surface area contributed by atoms with Crippen molar-refractivity contribution in [3.63, 3.8) is 0 Å². The highest BCUT2D eigenvalue weighted by Crippen LogP contribution is 2.38. The molecule has 1 saturated heterocycles. The number of phenolic OH excluding ortho intramolecular Hbond substituents is 1. The summed E-state index contributed by atoms with van der Waals surface area (Å²) < 4.78 is 0. The van der Waals surface area contributed by atoms with Crippen LogP contribution in [0, 0.1) is 11.8 Å². The summed E-state index contributed by atoms with van der Waals surface area (Å²) in [6.07, 6.45) is 1.59. The lowest BCUT2D eigenvalue weighted by Crippen LogP contribution is -2.31. The van der Waals surface area contributed by atoms with Gasteiger partial charge in [0.1, 0.15) is 5.75 Å². The SMILES string of the molecule is O=C(c1ccccc1O)N1CC2CCC(O)C2C1. The van der Waals surface area contributed by atoms with Gasteiger partial charge >= 0.3 is 0 Å². The summed E-state index contributed by atoms with van der Waals surface area (Å²) in [6.45, 7) is 1.31. The molecule has 18 heavy (non-hydrogen) atoms. The first-order valence-electron chi connectivity index (χ1n) is 6.42. The normalized spacial score (nSPS) is 30.5. The summed E-state index contributed by atoms with van der Waals surface area (Å²) >= 11 is 0. The number of hydrogen-bond acceptors (Lipinski definition) is 3. The van der Waals surface area contributed by atoms with Crippen LogP contribution >= 0.6 is 0 Å². The Hall–Kier alpha value is -1.55. The zero-order valence-corrected chi connectivity index (χ0v) is 10.1. The van der Waals surface area contributed by atoms with Crippen molar-refractivity contribution in [3.05, 3.63) is 29.8 Å². The Balaban J connectivity index is 1.78. The van der Waals surface area contributed by atoms with Crippen LogP contribution in [0.3, 0.4) is 0 Å². The topological polar surface area (TPSA) is 60.8 Å². The third-order valence-corrected chi connectivity index (χ3v) is 4.24. The molecule has 1 aliphatic carbocycles. The number of para-hydroxylation sites is 1. The molecular formula is C14H17NO3. The fourth-order valence-electron chi connectivity index (χ4n) is 3.23. The molecule has 0 radical (unpaired) electrons. The van der Waals surface area contributed by atoms with E-state index >= 15 is 0 Å². The van der Waals surface area contributed by atoms with E-state index in [4.69, 9.17) is 0 Å². The molecule has 4 heteroatoms. The number of likely N-dealkylation sites (tertiary alicyclic amines) is 1. The molecule has 0 spiro atoms. The summed E-state index contributed by atoms with van der Waals surface area (Å²) in [5, 5.41) is 19.5. The number of carbonyl (C=O) groups excluding carboxylic acids is 1. The van der Waals surface area contributed by atoms with Gasteiger partial charge in [0.25, 0.3) is 5.91 Å². The van der Waals surface area contributed by atoms with E-state index in [-0.39, 0.29) is 23.7 Å². The van der Waals surface area contributed by atoms with E-state index in [1.807, 2.05) is 0 Å². The number of aliphatic hydroxyl groups is 1. The van der Waals surface area contributed by atoms with Gasteiger partial charge in [-0.2, -0.15) is 0 Å². The number of benzene rings is 1. The molecule has 1 aliphatic heterocycles. The van der Waals surface area contributed by atoms with Gasteiger partial charge in [0.2, 0.25) is 0 Å². The van der Waals surface area contributed by atoms with Gasteiger partial charge in [0, 0.05) is 19.0 Å². The minimum Gasteiger partial charge on any atom is -0.507 e. The lowest BCUT2D eigenvalue weighted by Gasteiger charge is -2.18. The van der Waals surface area contributed by atoms with Gasteiger partial charge in [0.05, 0.1) is 11.7 Å². The van der Waals surface area contributed by atoms with Crippen LogP contribution in [0.15, 0.2) is 24.3 Å². The number of fused-ring (bicyclic) bond motifs is 1. The number of rotatable bonds is 1. The van der Waals surface area contributed by atoms with Crippen molar-refractivity contribution in [1.82, 2.24) is 4.90 Å². The number of nitrogens with zero attached hydrogens (tertiary/aromatic N) is 1. The van der Waals surface area contributed by atoms with Gasteiger partial charge in [0.15, 0.2) is 0 Å². The van der Waals surface area contributed by atoms with Crippen molar-refractivity contribution >= 4 is 5.91 Å². The molecule has 2 N–H and O–H groups in total. The highest BCUT2D eigenvalue weighted by molar-refractivity contribution is 5.97. The van der Waals surface area contributed by atoms with Crippen LogP contribution in [0.25, 0.3) is 0 Å². The Morgan fingerprint density at radius 2 is 2.00 bits per heavy atom. The largest absolute Gasteiger partial charge is 0.507 e. The molecule has 2 aliphatic rings. The summed E-state index contributed by atoms with van der Waals surface area (Å²) in [6, 6.07) is 6.62. The molecule has 3 rings (SSSR count). The summed E-state index contributed by atoms with van der Waals surface area (Å²) in [5.74, 6) is 0.546. The minimum atomic E-state index is -0.267.